The average Bonchev–Trinajstić information content (AvgIpc) is 2.38. The molecule has 1 N–H and O–H groups in total. The third-order valence-corrected chi connectivity index (χ3v) is 2.86. The summed E-state index contributed by atoms with van der Waals surface area (Å²) in [5.41, 5.74) is 1.35. The summed E-state index contributed by atoms with van der Waals surface area (Å²) in [6.45, 7) is 3.52. The number of benzene rings is 1. The maximum absolute atomic E-state index is 11.9. The van der Waals surface area contributed by atoms with Crippen molar-refractivity contribution >= 4 is 17.4 Å². The molecule has 0 fully saturated rings. The van der Waals surface area contributed by atoms with Gasteiger partial charge in [-0.05, 0) is 26.0 Å². The SMILES string of the molecule is Cc1cc(=O)n2c(C)nc(Nc3ccccc3)nc2n1. The Morgan fingerprint density at radius 2 is 1.80 bits per heavy atom. The van der Waals surface area contributed by atoms with Crippen molar-refractivity contribution in [2.45, 2.75) is 13.8 Å². The van der Waals surface area contributed by atoms with Crippen LogP contribution in [0, 0.1) is 13.8 Å². The van der Waals surface area contributed by atoms with Crippen LogP contribution in [0.3, 0.4) is 0 Å². The summed E-state index contributed by atoms with van der Waals surface area (Å²) >= 11 is 0. The molecule has 0 radical (unpaired) electrons. The lowest BCUT2D eigenvalue weighted by Gasteiger charge is -2.08. The second-order valence-electron chi connectivity index (χ2n) is 4.46. The van der Waals surface area contributed by atoms with Crippen LogP contribution in [0.1, 0.15) is 11.5 Å². The Hall–Kier alpha value is -2.76. The van der Waals surface area contributed by atoms with Crippen molar-refractivity contribution in [1.82, 2.24) is 19.4 Å². The number of nitrogens with one attached hydrogen (secondary N) is 1. The van der Waals surface area contributed by atoms with Crippen LogP contribution in [0.2, 0.25) is 0 Å². The van der Waals surface area contributed by atoms with E-state index in [9.17, 15) is 4.79 Å². The van der Waals surface area contributed by atoms with Crippen LogP contribution >= 0.6 is 0 Å². The average molecular weight is 267 g/mol. The van der Waals surface area contributed by atoms with Crippen LogP contribution in [0.25, 0.3) is 5.78 Å². The van der Waals surface area contributed by atoms with E-state index in [-0.39, 0.29) is 5.56 Å². The van der Waals surface area contributed by atoms with Crippen LogP contribution < -0.4 is 10.9 Å². The van der Waals surface area contributed by atoms with Gasteiger partial charge >= 0.3 is 0 Å². The van der Waals surface area contributed by atoms with Gasteiger partial charge < -0.3 is 5.32 Å². The van der Waals surface area contributed by atoms with Gasteiger partial charge in [-0.15, -0.1) is 0 Å². The van der Waals surface area contributed by atoms with Gasteiger partial charge in [-0.3, -0.25) is 4.79 Å². The van der Waals surface area contributed by atoms with Gasteiger partial charge in [0, 0.05) is 17.4 Å². The van der Waals surface area contributed by atoms with E-state index in [4.69, 9.17) is 0 Å². The van der Waals surface area contributed by atoms with Crippen LogP contribution in [-0.2, 0) is 0 Å². The van der Waals surface area contributed by atoms with Crippen molar-refractivity contribution < 1.29 is 0 Å². The topological polar surface area (TPSA) is 72.2 Å². The molecule has 0 spiro atoms. The van der Waals surface area contributed by atoms with Crippen LogP contribution in [-0.4, -0.2) is 19.4 Å². The lowest BCUT2D eigenvalue weighted by atomic mass is 10.3. The lowest BCUT2D eigenvalue weighted by Crippen LogP contribution is -2.20. The molecule has 0 aliphatic heterocycles. The van der Waals surface area contributed by atoms with Gasteiger partial charge in [-0.2, -0.15) is 9.97 Å². The zero-order valence-corrected chi connectivity index (χ0v) is 11.2. The largest absolute Gasteiger partial charge is 0.324 e. The molecule has 0 saturated heterocycles. The van der Waals surface area contributed by atoms with Gasteiger partial charge in [0.1, 0.15) is 5.82 Å². The summed E-state index contributed by atoms with van der Waals surface area (Å²) in [5, 5.41) is 3.10. The summed E-state index contributed by atoms with van der Waals surface area (Å²) < 4.78 is 1.39. The molecule has 2 heterocycles. The standard InChI is InChI=1S/C14H13N5O/c1-9-8-12(20)19-10(2)16-13(18-14(19)15-9)17-11-6-4-3-5-7-11/h3-8H,1-2H3,(H,15,17,18). The molecule has 0 amide bonds. The number of aromatic nitrogens is 4. The zero-order valence-electron chi connectivity index (χ0n) is 11.2. The molecule has 0 aliphatic carbocycles. The fourth-order valence-electron chi connectivity index (χ4n) is 1.99. The first-order chi connectivity index (χ1) is 9.63. The molecule has 0 unspecified atom stereocenters. The fraction of sp³-hybridized carbons (Fsp3) is 0.143. The first-order valence-electron chi connectivity index (χ1n) is 6.20. The fourth-order valence-corrected chi connectivity index (χ4v) is 1.99. The van der Waals surface area contributed by atoms with Gasteiger partial charge in [0.05, 0.1) is 0 Å². The first kappa shape index (κ1) is 12.3. The minimum Gasteiger partial charge on any atom is -0.324 e. The number of anilines is 2. The Morgan fingerprint density at radius 1 is 1.05 bits per heavy atom. The number of hydrogen-bond acceptors (Lipinski definition) is 5. The monoisotopic (exact) mass is 267 g/mol. The minimum absolute atomic E-state index is 0.170. The van der Waals surface area contributed by atoms with Gasteiger partial charge in [0.25, 0.3) is 5.56 Å². The second kappa shape index (κ2) is 4.73. The molecule has 2 aromatic heterocycles. The van der Waals surface area contributed by atoms with Crippen LogP contribution in [0.5, 0.6) is 0 Å². The van der Waals surface area contributed by atoms with Crippen molar-refractivity contribution in [3.63, 3.8) is 0 Å². The maximum Gasteiger partial charge on any atom is 0.260 e. The Kier molecular flexibility index (Phi) is 2.90. The first-order valence-corrected chi connectivity index (χ1v) is 6.20. The quantitative estimate of drug-likeness (QED) is 0.767. The van der Waals surface area contributed by atoms with E-state index in [0.717, 1.165) is 5.69 Å². The number of aryl methyl sites for hydroxylation is 2. The van der Waals surface area contributed by atoms with Crippen molar-refractivity contribution in [3.05, 3.63) is 58.3 Å². The van der Waals surface area contributed by atoms with Gasteiger partial charge in [0.15, 0.2) is 0 Å². The minimum atomic E-state index is -0.170. The molecule has 0 bridgehead atoms. The Balaban J connectivity index is 2.12. The van der Waals surface area contributed by atoms with E-state index in [1.165, 1.54) is 10.5 Å². The highest BCUT2D eigenvalue weighted by Gasteiger charge is 2.08. The predicted molar refractivity (Wildman–Crippen MR) is 76.3 cm³/mol. The van der Waals surface area contributed by atoms with E-state index in [2.05, 4.69) is 20.3 Å². The third-order valence-electron chi connectivity index (χ3n) is 2.86. The maximum atomic E-state index is 11.9. The smallest absolute Gasteiger partial charge is 0.260 e. The summed E-state index contributed by atoms with van der Waals surface area (Å²) in [4.78, 5) is 24.8. The number of fused-ring (bicyclic) bond motifs is 1. The molecular formula is C14H13N5O. The molecule has 0 saturated carbocycles. The molecular weight excluding hydrogens is 254 g/mol. The Morgan fingerprint density at radius 3 is 2.55 bits per heavy atom. The van der Waals surface area contributed by atoms with Gasteiger partial charge in [0.2, 0.25) is 11.7 Å². The summed E-state index contributed by atoms with van der Waals surface area (Å²) in [6.07, 6.45) is 0. The number of rotatable bonds is 2. The second-order valence-corrected chi connectivity index (χ2v) is 4.46. The number of para-hydroxylation sites is 1. The Labute approximate surface area is 115 Å². The van der Waals surface area contributed by atoms with Crippen LogP contribution in [0.4, 0.5) is 11.6 Å². The van der Waals surface area contributed by atoms with Gasteiger partial charge in [-0.1, -0.05) is 18.2 Å². The third kappa shape index (κ3) is 2.23. The molecule has 6 heteroatoms. The van der Waals surface area contributed by atoms with Crippen molar-refractivity contribution in [3.8, 4) is 0 Å². The Bertz CT molecular complexity index is 826. The summed E-state index contributed by atoms with van der Waals surface area (Å²) in [7, 11) is 0. The molecule has 20 heavy (non-hydrogen) atoms. The van der Waals surface area contributed by atoms with Crippen molar-refractivity contribution in [2.75, 3.05) is 5.32 Å². The van der Waals surface area contributed by atoms with Crippen LogP contribution in [0.15, 0.2) is 41.2 Å². The molecule has 3 aromatic rings. The van der Waals surface area contributed by atoms with Gasteiger partial charge in [-0.25, -0.2) is 9.38 Å². The van der Waals surface area contributed by atoms with Crippen molar-refractivity contribution in [1.29, 1.82) is 0 Å². The zero-order chi connectivity index (χ0) is 14.1. The van der Waals surface area contributed by atoms with E-state index >= 15 is 0 Å². The van der Waals surface area contributed by atoms with E-state index < -0.39 is 0 Å². The van der Waals surface area contributed by atoms with E-state index in [0.29, 0.717) is 23.2 Å². The predicted octanol–water partition coefficient (Wildman–Crippen LogP) is 1.84. The molecule has 100 valence electrons. The summed E-state index contributed by atoms with van der Waals surface area (Å²) in [6, 6.07) is 11.1. The number of nitrogens with zero attached hydrogens (tertiary/aromatic N) is 4. The molecule has 0 aliphatic rings. The molecule has 6 nitrogen and oxygen atoms in total. The van der Waals surface area contributed by atoms with E-state index in [1.807, 2.05) is 30.3 Å². The summed E-state index contributed by atoms with van der Waals surface area (Å²) in [5.74, 6) is 1.32. The molecule has 1 aromatic carbocycles. The highest BCUT2D eigenvalue weighted by atomic mass is 16.1. The molecule has 3 rings (SSSR count). The molecule has 0 atom stereocenters. The normalized spacial score (nSPS) is 10.7. The highest BCUT2D eigenvalue weighted by Crippen LogP contribution is 2.12. The van der Waals surface area contributed by atoms with E-state index in [1.54, 1.807) is 13.8 Å². The number of hydrogen-bond donors (Lipinski definition) is 1. The van der Waals surface area contributed by atoms with Crippen molar-refractivity contribution in [2.24, 2.45) is 0 Å². The highest BCUT2D eigenvalue weighted by molar-refractivity contribution is 5.54. The lowest BCUT2D eigenvalue weighted by molar-refractivity contribution is 0.875.